The number of aromatic nitrogens is 3. The van der Waals surface area contributed by atoms with Crippen LogP contribution in [0.25, 0.3) is 11.1 Å². The van der Waals surface area contributed by atoms with Crippen molar-refractivity contribution in [2.75, 3.05) is 23.9 Å². The second kappa shape index (κ2) is 8.66. The van der Waals surface area contributed by atoms with E-state index in [1.807, 2.05) is 13.0 Å². The number of hydrogen-bond acceptors (Lipinski definition) is 6. The van der Waals surface area contributed by atoms with E-state index in [9.17, 15) is 13.2 Å². The molecular formula is C25H22F3N5O. The maximum Gasteiger partial charge on any atom is 0.229 e. The molecule has 0 saturated carbocycles. The van der Waals surface area contributed by atoms with Gasteiger partial charge >= 0.3 is 0 Å². The van der Waals surface area contributed by atoms with E-state index in [1.165, 1.54) is 24.4 Å². The maximum atomic E-state index is 14.8. The molecule has 2 aromatic carbocycles. The van der Waals surface area contributed by atoms with E-state index < -0.39 is 23.5 Å². The number of anilines is 3. The van der Waals surface area contributed by atoms with Crippen LogP contribution in [0, 0.1) is 24.4 Å². The Balaban J connectivity index is 0.00000289. The molecule has 0 bridgehead atoms. The first-order valence-electron chi connectivity index (χ1n) is 10.6. The van der Waals surface area contributed by atoms with Crippen LogP contribution in [0.1, 0.15) is 18.7 Å². The van der Waals surface area contributed by atoms with Gasteiger partial charge in [-0.1, -0.05) is 6.07 Å². The number of aryl methyl sites for hydroxylation is 1. The molecule has 0 amide bonds. The molecule has 5 rings (SSSR count). The Morgan fingerprint density at radius 1 is 1.03 bits per heavy atom. The monoisotopic (exact) mass is 465 g/mol. The van der Waals surface area contributed by atoms with Gasteiger partial charge in [-0.05, 0) is 48.9 Å². The van der Waals surface area contributed by atoms with E-state index in [-0.39, 0.29) is 14.0 Å². The van der Waals surface area contributed by atoms with Crippen molar-refractivity contribution in [3.05, 3.63) is 89.6 Å². The topological polar surface area (TPSA) is 63.2 Å². The van der Waals surface area contributed by atoms with Crippen LogP contribution in [-0.2, 0) is 0 Å². The van der Waals surface area contributed by atoms with E-state index in [0.717, 1.165) is 17.3 Å². The number of fused-ring (bicyclic) bond motifs is 1. The number of pyridine rings is 1. The van der Waals surface area contributed by atoms with Gasteiger partial charge < -0.3 is 15.0 Å². The molecule has 0 radical (unpaired) electrons. The highest BCUT2D eigenvalue weighted by atomic mass is 19.1. The Bertz CT molecular complexity index is 1390. The summed E-state index contributed by atoms with van der Waals surface area (Å²) in [6, 6.07) is 11.3. The molecule has 0 saturated heterocycles. The van der Waals surface area contributed by atoms with Crippen molar-refractivity contribution >= 4 is 17.5 Å². The number of benzene rings is 2. The van der Waals surface area contributed by atoms with Crippen molar-refractivity contribution in [3.63, 3.8) is 0 Å². The lowest BCUT2D eigenvalue weighted by Gasteiger charge is -2.35. The third-order valence-corrected chi connectivity index (χ3v) is 5.69. The molecule has 9 heteroatoms. The third-order valence-electron chi connectivity index (χ3n) is 5.69. The fourth-order valence-electron chi connectivity index (χ4n) is 3.94. The Labute approximate surface area is 195 Å². The third kappa shape index (κ3) is 4.12. The number of hydrogen-bond donors (Lipinski definition) is 1. The Morgan fingerprint density at radius 3 is 2.65 bits per heavy atom. The minimum Gasteiger partial charge on any atom is -0.486 e. The molecule has 174 valence electrons. The van der Waals surface area contributed by atoms with Crippen LogP contribution in [0.3, 0.4) is 0 Å². The van der Waals surface area contributed by atoms with Crippen LogP contribution in [0.5, 0.6) is 5.75 Å². The Kier molecular flexibility index (Phi) is 5.53. The van der Waals surface area contributed by atoms with Crippen molar-refractivity contribution in [2.24, 2.45) is 0 Å². The number of likely N-dealkylation sites (N-methyl/N-ethyl adjacent to an activating group) is 1. The van der Waals surface area contributed by atoms with Gasteiger partial charge in [-0.2, -0.15) is 4.98 Å². The summed E-state index contributed by atoms with van der Waals surface area (Å²) in [6.45, 7) is 2.00. The van der Waals surface area contributed by atoms with Gasteiger partial charge in [0.05, 0.1) is 12.2 Å². The predicted molar refractivity (Wildman–Crippen MR) is 125 cm³/mol. The summed E-state index contributed by atoms with van der Waals surface area (Å²) < 4.78 is 48.2. The summed E-state index contributed by atoms with van der Waals surface area (Å²) >= 11 is 0. The normalized spacial score (nSPS) is 15.0. The van der Waals surface area contributed by atoms with E-state index in [1.54, 1.807) is 36.3 Å². The van der Waals surface area contributed by atoms with E-state index in [2.05, 4.69) is 20.3 Å². The van der Waals surface area contributed by atoms with Crippen LogP contribution >= 0.6 is 0 Å². The lowest BCUT2D eigenvalue weighted by Crippen LogP contribution is -2.35. The zero-order valence-corrected chi connectivity index (χ0v) is 18.4. The van der Waals surface area contributed by atoms with E-state index >= 15 is 0 Å². The van der Waals surface area contributed by atoms with Gasteiger partial charge in [0.25, 0.3) is 0 Å². The summed E-state index contributed by atoms with van der Waals surface area (Å²) in [4.78, 5) is 14.6. The van der Waals surface area contributed by atoms with Crippen LogP contribution in [-0.4, -0.2) is 28.6 Å². The molecule has 1 atom stereocenters. The first-order chi connectivity index (χ1) is 16.4. The van der Waals surface area contributed by atoms with Gasteiger partial charge in [0.2, 0.25) is 5.95 Å². The van der Waals surface area contributed by atoms with Gasteiger partial charge in [-0.25, -0.2) is 18.2 Å². The molecule has 1 N–H and O–H groups in total. The highest BCUT2D eigenvalue weighted by Gasteiger charge is 2.30. The SMILES string of the molecule is Cc1cc(-c2ccc(Nc3ncc4c(n3)N(C)C(c3ccc(F)cc3F)CO4)cc2F)ccn1.[HH]. The summed E-state index contributed by atoms with van der Waals surface area (Å²) in [5.41, 5.74) is 2.75. The fraction of sp³-hybridized carbons (Fsp3) is 0.160. The molecule has 3 heterocycles. The molecular weight excluding hydrogens is 443 g/mol. The molecule has 0 aliphatic carbocycles. The second-order valence-electron chi connectivity index (χ2n) is 7.99. The van der Waals surface area contributed by atoms with Gasteiger partial charge in [0.1, 0.15) is 24.1 Å². The van der Waals surface area contributed by atoms with Crippen LogP contribution in [0.4, 0.5) is 30.6 Å². The molecule has 1 unspecified atom stereocenters. The highest BCUT2D eigenvalue weighted by molar-refractivity contribution is 5.68. The number of rotatable bonds is 4. The first-order valence-corrected chi connectivity index (χ1v) is 10.6. The van der Waals surface area contributed by atoms with Gasteiger partial charge in [-0.15, -0.1) is 0 Å². The van der Waals surface area contributed by atoms with Crippen molar-refractivity contribution in [1.82, 2.24) is 15.0 Å². The summed E-state index contributed by atoms with van der Waals surface area (Å²) in [7, 11) is 1.75. The zero-order valence-electron chi connectivity index (χ0n) is 18.4. The average Bonchev–Trinajstić information content (AvgIpc) is 2.80. The molecule has 0 spiro atoms. The molecule has 4 aromatic rings. The van der Waals surface area contributed by atoms with Crippen molar-refractivity contribution in [2.45, 2.75) is 13.0 Å². The molecule has 2 aromatic heterocycles. The van der Waals surface area contributed by atoms with Gasteiger partial charge in [-0.3, -0.25) is 4.98 Å². The number of nitrogens with one attached hydrogen (secondary N) is 1. The van der Waals surface area contributed by atoms with Crippen molar-refractivity contribution in [1.29, 1.82) is 0 Å². The molecule has 0 fully saturated rings. The summed E-state index contributed by atoms with van der Waals surface area (Å²) in [5, 5.41) is 3.00. The Hall–Kier alpha value is -4.14. The minimum absolute atomic E-state index is 0. The van der Waals surface area contributed by atoms with Crippen LogP contribution in [0.2, 0.25) is 0 Å². The second-order valence-corrected chi connectivity index (χ2v) is 7.99. The first kappa shape index (κ1) is 21.7. The minimum atomic E-state index is -0.656. The zero-order chi connectivity index (χ0) is 23.8. The van der Waals surface area contributed by atoms with Crippen LogP contribution in [0.15, 0.2) is 60.9 Å². The molecule has 34 heavy (non-hydrogen) atoms. The molecule has 6 nitrogen and oxygen atoms in total. The van der Waals surface area contributed by atoms with Gasteiger partial charge in [0, 0.05) is 43.2 Å². The standard InChI is InChI=1S/C25H20F3N5O.H2/c1-14-9-15(7-8-29-14)18-6-4-17(11-21(18)28)31-25-30-12-23-24(32-25)33(2)22(13-34-23)19-5-3-16(26)10-20(19)27;/h3-12,22H,13H2,1-2H3,(H,30,31,32);1H. The largest absolute Gasteiger partial charge is 0.486 e. The molecule has 1 aliphatic heterocycles. The lowest BCUT2D eigenvalue weighted by molar-refractivity contribution is 0.262. The van der Waals surface area contributed by atoms with E-state index in [4.69, 9.17) is 4.74 Å². The Morgan fingerprint density at radius 2 is 1.88 bits per heavy atom. The number of ether oxygens (including phenoxy) is 1. The summed E-state index contributed by atoms with van der Waals surface area (Å²) in [5.74, 6) is -0.617. The predicted octanol–water partition coefficient (Wildman–Crippen LogP) is 5.82. The highest BCUT2D eigenvalue weighted by Crippen LogP contribution is 2.38. The van der Waals surface area contributed by atoms with Crippen LogP contribution < -0.4 is 15.0 Å². The number of halogens is 3. The van der Waals surface area contributed by atoms with E-state index in [0.29, 0.717) is 28.4 Å². The quantitative estimate of drug-likeness (QED) is 0.410. The fourth-order valence-corrected chi connectivity index (χ4v) is 3.94. The molecule has 1 aliphatic rings. The van der Waals surface area contributed by atoms with Crippen molar-refractivity contribution in [3.8, 4) is 16.9 Å². The number of nitrogens with zero attached hydrogens (tertiary/aromatic N) is 4. The van der Waals surface area contributed by atoms with Gasteiger partial charge in [0.15, 0.2) is 11.6 Å². The lowest BCUT2D eigenvalue weighted by atomic mass is 10.0. The smallest absolute Gasteiger partial charge is 0.229 e. The summed E-state index contributed by atoms with van der Waals surface area (Å²) in [6.07, 6.45) is 3.14. The average molecular weight is 465 g/mol. The maximum absolute atomic E-state index is 14.8. The van der Waals surface area contributed by atoms with Crippen molar-refractivity contribution < 1.29 is 19.3 Å².